The molecule has 0 bridgehead atoms. The van der Waals surface area contributed by atoms with Crippen molar-refractivity contribution in [1.82, 2.24) is 0 Å². The van der Waals surface area contributed by atoms with Crippen molar-refractivity contribution in [2.75, 3.05) is 13.2 Å². The quantitative estimate of drug-likeness (QED) is 0.732. The molecule has 1 rings (SSSR count). The first-order valence-corrected chi connectivity index (χ1v) is 4.97. The van der Waals surface area contributed by atoms with Gasteiger partial charge in [0.15, 0.2) is 0 Å². The Morgan fingerprint density at radius 1 is 1.31 bits per heavy atom. The average Bonchev–Trinajstić information content (AvgIpc) is 2.49. The molecule has 0 amide bonds. The summed E-state index contributed by atoms with van der Waals surface area (Å²) in [4.78, 5) is 0. The molecule has 0 aromatic heterocycles. The Kier molecular flexibility index (Phi) is 2.50. The predicted octanol–water partition coefficient (Wildman–Crippen LogP) is 2.21. The Labute approximate surface area is 81.3 Å². The average molecular weight is 186 g/mol. The van der Waals surface area contributed by atoms with Gasteiger partial charge in [0.25, 0.3) is 0 Å². The molecule has 2 heteroatoms. The van der Waals surface area contributed by atoms with Crippen LogP contribution < -0.4 is 0 Å². The van der Waals surface area contributed by atoms with Gasteiger partial charge in [-0.25, -0.2) is 0 Å². The standard InChI is InChI=1S/C11H22O2/c1-9(2,3)13-8-11(7-12)6-10(11,4)5/h12H,6-8H2,1-5H3. The van der Waals surface area contributed by atoms with Crippen molar-refractivity contribution in [3.63, 3.8) is 0 Å². The lowest BCUT2D eigenvalue weighted by Gasteiger charge is -2.25. The van der Waals surface area contributed by atoms with Crippen molar-refractivity contribution in [1.29, 1.82) is 0 Å². The van der Waals surface area contributed by atoms with Crippen molar-refractivity contribution >= 4 is 0 Å². The van der Waals surface area contributed by atoms with E-state index in [2.05, 4.69) is 13.8 Å². The normalized spacial score (nSPS) is 31.8. The van der Waals surface area contributed by atoms with Crippen molar-refractivity contribution in [2.24, 2.45) is 10.8 Å². The number of hydrogen-bond donors (Lipinski definition) is 1. The van der Waals surface area contributed by atoms with Gasteiger partial charge in [-0.2, -0.15) is 0 Å². The summed E-state index contributed by atoms with van der Waals surface area (Å²) in [5, 5.41) is 9.31. The highest BCUT2D eigenvalue weighted by Crippen LogP contribution is 2.63. The number of aliphatic hydroxyl groups is 1. The molecule has 1 unspecified atom stereocenters. The highest BCUT2D eigenvalue weighted by Gasteiger charge is 2.61. The fraction of sp³-hybridized carbons (Fsp3) is 1.00. The van der Waals surface area contributed by atoms with Gasteiger partial charge in [-0.15, -0.1) is 0 Å². The third-order valence-corrected chi connectivity index (χ3v) is 3.18. The largest absolute Gasteiger partial charge is 0.396 e. The summed E-state index contributed by atoms with van der Waals surface area (Å²) in [6.45, 7) is 11.5. The van der Waals surface area contributed by atoms with E-state index in [0.29, 0.717) is 6.61 Å². The summed E-state index contributed by atoms with van der Waals surface area (Å²) >= 11 is 0. The molecule has 2 nitrogen and oxygen atoms in total. The van der Waals surface area contributed by atoms with Crippen LogP contribution in [0.4, 0.5) is 0 Å². The van der Waals surface area contributed by atoms with Crippen LogP contribution in [0.15, 0.2) is 0 Å². The Balaban J connectivity index is 2.45. The van der Waals surface area contributed by atoms with Gasteiger partial charge in [0, 0.05) is 5.41 Å². The van der Waals surface area contributed by atoms with Crippen LogP contribution in [0.25, 0.3) is 0 Å². The summed E-state index contributed by atoms with van der Waals surface area (Å²) in [6, 6.07) is 0. The van der Waals surface area contributed by atoms with E-state index in [1.165, 1.54) is 0 Å². The molecule has 78 valence electrons. The molecule has 13 heavy (non-hydrogen) atoms. The smallest absolute Gasteiger partial charge is 0.0598 e. The van der Waals surface area contributed by atoms with Gasteiger partial charge in [0.2, 0.25) is 0 Å². The monoisotopic (exact) mass is 186 g/mol. The Bertz CT molecular complexity index is 191. The highest BCUT2D eigenvalue weighted by molar-refractivity contribution is 5.09. The van der Waals surface area contributed by atoms with E-state index in [0.717, 1.165) is 6.42 Å². The minimum atomic E-state index is -0.0964. The van der Waals surface area contributed by atoms with Gasteiger partial charge in [-0.3, -0.25) is 0 Å². The molecular formula is C11H22O2. The second kappa shape index (κ2) is 2.96. The zero-order chi connectivity index (χ0) is 10.3. The summed E-state index contributed by atoms with van der Waals surface area (Å²) in [7, 11) is 0. The molecule has 1 N–H and O–H groups in total. The second-order valence-electron chi connectivity index (χ2n) is 5.90. The van der Waals surface area contributed by atoms with Crippen LogP contribution in [-0.4, -0.2) is 23.9 Å². The van der Waals surface area contributed by atoms with E-state index in [-0.39, 0.29) is 23.0 Å². The minimum Gasteiger partial charge on any atom is -0.396 e. The second-order valence-corrected chi connectivity index (χ2v) is 5.90. The Hall–Kier alpha value is -0.0800. The maximum atomic E-state index is 9.31. The lowest BCUT2D eigenvalue weighted by molar-refractivity contribution is -0.0462. The van der Waals surface area contributed by atoms with Gasteiger partial charge in [-0.05, 0) is 32.6 Å². The van der Waals surface area contributed by atoms with Crippen LogP contribution in [0.2, 0.25) is 0 Å². The molecule has 0 heterocycles. The van der Waals surface area contributed by atoms with Crippen LogP contribution in [0, 0.1) is 10.8 Å². The number of ether oxygens (including phenoxy) is 1. The highest BCUT2D eigenvalue weighted by atomic mass is 16.5. The number of aliphatic hydroxyl groups excluding tert-OH is 1. The fourth-order valence-electron chi connectivity index (χ4n) is 1.72. The van der Waals surface area contributed by atoms with Crippen LogP contribution in [0.3, 0.4) is 0 Å². The van der Waals surface area contributed by atoms with Gasteiger partial charge in [0.1, 0.15) is 0 Å². The van der Waals surface area contributed by atoms with Gasteiger partial charge in [0.05, 0.1) is 18.8 Å². The van der Waals surface area contributed by atoms with E-state index < -0.39 is 0 Å². The molecule has 0 radical (unpaired) electrons. The van der Waals surface area contributed by atoms with Gasteiger partial charge in [-0.1, -0.05) is 13.8 Å². The van der Waals surface area contributed by atoms with E-state index in [9.17, 15) is 5.11 Å². The first kappa shape index (κ1) is 11.0. The van der Waals surface area contributed by atoms with Crippen molar-refractivity contribution in [2.45, 2.75) is 46.6 Å². The topological polar surface area (TPSA) is 29.5 Å². The van der Waals surface area contributed by atoms with Gasteiger partial charge >= 0.3 is 0 Å². The third kappa shape index (κ3) is 2.23. The van der Waals surface area contributed by atoms with Crippen LogP contribution in [0.1, 0.15) is 41.0 Å². The minimum absolute atomic E-state index is 0.0281. The van der Waals surface area contributed by atoms with E-state index in [4.69, 9.17) is 4.74 Å². The molecule has 1 saturated carbocycles. The molecule has 0 saturated heterocycles. The molecule has 1 aliphatic carbocycles. The van der Waals surface area contributed by atoms with E-state index >= 15 is 0 Å². The summed E-state index contributed by atoms with van der Waals surface area (Å²) in [5.41, 5.74) is 0.189. The maximum Gasteiger partial charge on any atom is 0.0598 e. The fourth-order valence-corrected chi connectivity index (χ4v) is 1.72. The maximum absolute atomic E-state index is 9.31. The Morgan fingerprint density at radius 3 is 2.00 bits per heavy atom. The zero-order valence-electron chi connectivity index (χ0n) is 9.48. The van der Waals surface area contributed by atoms with Crippen LogP contribution in [-0.2, 0) is 4.74 Å². The lowest BCUT2D eigenvalue weighted by Crippen LogP contribution is -2.28. The summed E-state index contributed by atoms with van der Waals surface area (Å²) in [6.07, 6.45) is 1.08. The van der Waals surface area contributed by atoms with Crippen molar-refractivity contribution < 1.29 is 9.84 Å². The molecule has 0 spiro atoms. The van der Waals surface area contributed by atoms with E-state index in [1.807, 2.05) is 20.8 Å². The molecule has 1 atom stereocenters. The molecule has 0 aromatic carbocycles. The van der Waals surface area contributed by atoms with Crippen molar-refractivity contribution in [3.05, 3.63) is 0 Å². The number of hydrogen-bond acceptors (Lipinski definition) is 2. The lowest BCUT2D eigenvalue weighted by atomic mass is 9.97. The van der Waals surface area contributed by atoms with Crippen LogP contribution in [0.5, 0.6) is 0 Å². The number of rotatable bonds is 3. The summed E-state index contributed by atoms with van der Waals surface area (Å²) < 4.78 is 5.72. The molecule has 0 aromatic rings. The molecule has 1 aliphatic rings. The van der Waals surface area contributed by atoms with Crippen molar-refractivity contribution in [3.8, 4) is 0 Å². The predicted molar refractivity (Wildman–Crippen MR) is 53.6 cm³/mol. The molecule has 0 aliphatic heterocycles. The zero-order valence-corrected chi connectivity index (χ0v) is 9.48. The summed E-state index contributed by atoms with van der Waals surface area (Å²) in [5.74, 6) is 0. The SMILES string of the molecule is CC(C)(C)OCC1(CO)CC1(C)C. The van der Waals surface area contributed by atoms with Crippen LogP contribution >= 0.6 is 0 Å². The van der Waals surface area contributed by atoms with Gasteiger partial charge < -0.3 is 9.84 Å². The molecule has 1 fully saturated rings. The third-order valence-electron chi connectivity index (χ3n) is 3.18. The molecular weight excluding hydrogens is 164 g/mol. The first-order chi connectivity index (χ1) is 5.72. The van der Waals surface area contributed by atoms with E-state index in [1.54, 1.807) is 0 Å². The Morgan fingerprint density at radius 2 is 1.77 bits per heavy atom. The first-order valence-electron chi connectivity index (χ1n) is 4.97.